The van der Waals surface area contributed by atoms with Crippen molar-refractivity contribution < 1.29 is 9.53 Å². The van der Waals surface area contributed by atoms with Crippen molar-refractivity contribution in [2.45, 2.75) is 31.6 Å². The number of benzene rings is 2. The van der Waals surface area contributed by atoms with Gasteiger partial charge in [-0.15, -0.1) is 11.8 Å². The Bertz CT molecular complexity index is 732. The minimum Gasteiger partial charge on any atom is -0.497 e. The van der Waals surface area contributed by atoms with Crippen molar-refractivity contribution in [1.82, 2.24) is 4.90 Å². The topological polar surface area (TPSA) is 29.5 Å². The molecule has 1 aliphatic heterocycles. The summed E-state index contributed by atoms with van der Waals surface area (Å²) in [6.45, 7) is 7.32. The van der Waals surface area contributed by atoms with Gasteiger partial charge in [0.2, 0.25) is 0 Å². The lowest BCUT2D eigenvalue weighted by Crippen LogP contribution is -2.30. The molecule has 1 saturated heterocycles. The minimum atomic E-state index is 0.0701. The maximum Gasteiger partial charge on any atom is 0.255 e. The van der Waals surface area contributed by atoms with Crippen LogP contribution in [0.1, 0.15) is 47.6 Å². The molecule has 3 nitrogen and oxygen atoms in total. The van der Waals surface area contributed by atoms with E-state index in [2.05, 4.69) is 32.9 Å². The number of carbonyl (C=O) groups is 1. The van der Waals surface area contributed by atoms with Crippen LogP contribution in [0.3, 0.4) is 0 Å². The molecule has 1 aliphatic rings. The van der Waals surface area contributed by atoms with Crippen LogP contribution in [0.15, 0.2) is 48.5 Å². The Labute approximate surface area is 154 Å². The largest absolute Gasteiger partial charge is 0.497 e. The highest BCUT2D eigenvalue weighted by Crippen LogP contribution is 2.39. The van der Waals surface area contributed by atoms with E-state index < -0.39 is 0 Å². The van der Waals surface area contributed by atoms with Gasteiger partial charge in [0.1, 0.15) is 11.1 Å². The Balaban J connectivity index is 1.80. The molecule has 2 aromatic rings. The summed E-state index contributed by atoms with van der Waals surface area (Å²) in [5.74, 6) is 1.90. The smallest absolute Gasteiger partial charge is 0.255 e. The maximum absolute atomic E-state index is 13.0. The monoisotopic (exact) mass is 355 g/mol. The first-order chi connectivity index (χ1) is 11.9. The van der Waals surface area contributed by atoms with Gasteiger partial charge < -0.3 is 9.64 Å². The van der Waals surface area contributed by atoms with Crippen molar-refractivity contribution in [1.29, 1.82) is 0 Å². The highest BCUT2D eigenvalue weighted by molar-refractivity contribution is 7.99. The molecule has 0 aromatic heterocycles. The molecule has 1 fully saturated rings. The van der Waals surface area contributed by atoms with Crippen LogP contribution in [0.4, 0.5) is 0 Å². The Morgan fingerprint density at radius 1 is 1.08 bits per heavy atom. The zero-order valence-corrected chi connectivity index (χ0v) is 16.1. The number of nitrogens with zero attached hydrogens (tertiary/aromatic N) is 1. The summed E-state index contributed by atoms with van der Waals surface area (Å²) in [5, 5.41) is 0.0701. The zero-order chi connectivity index (χ0) is 18.0. The second-order valence-corrected chi connectivity index (χ2v) is 8.51. The summed E-state index contributed by atoms with van der Waals surface area (Å²) in [6, 6.07) is 16.0. The highest BCUT2D eigenvalue weighted by Gasteiger charge is 2.31. The quantitative estimate of drug-likeness (QED) is 0.786. The van der Waals surface area contributed by atoms with Crippen LogP contribution in [0.2, 0.25) is 0 Å². The molecule has 0 N–H and O–H groups in total. The standard InChI is InChI=1S/C21H25NO2S/c1-21(2,3)17-9-5-15(6-10-17)19(23)22-13-14-25-20(22)16-7-11-18(24-4)12-8-16/h5-12,20H,13-14H2,1-4H3. The molecule has 1 unspecified atom stereocenters. The molecule has 0 aliphatic carbocycles. The molecule has 4 heteroatoms. The average molecular weight is 356 g/mol. The Morgan fingerprint density at radius 3 is 2.28 bits per heavy atom. The van der Waals surface area contributed by atoms with Gasteiger partial charge in [-0.2, -0.15) is 0 Å². The number of methoxy groups -OCH3 is 1. The number of rotatable bonds is 3. The normalized spacial score (nSPS) is 17.6. The lowest BCUT2D eigenvalue weighted by atomic mass is 9.86. The van der Waals surface area contributed by atoms with E-state index in [0.29, 0.717) is 0 Å². The summed E-state index contributed by atoms with van der Waals surface area (Å²) >= 11 is 1.81. The third kappa shape index (κ3) is 3.84. The van der Waals surface area contributed by atoms with Crippen LogP contribution in [-0.4, -0.2) is 30.2 Å². The van der Waals surface area contributed by atoms with Crippen LogP contribution in [0, 0.1) is 0 Å². The van der Waals surface area contributed by atoms with Gasteiger partial charge in [0, 0.05) is 17.9 Å². The second kappa shape index (κ2) is 7.12. The molecule has 25 heavy (non-hydrogen) atoms. The maximum atomic E-state index is 13.0. The molecule has 3 rings (SSSR count). The molecule has 1 heterocycles. The summed E-state index contributed by atoms with van der Waals surface area (Å²) in [4.78, 5) is 15.0. The van der Waals surface area contributed by atoms with E-state index in [9.17, 15) is 4.79 Å². The van der Waals surface area contributed by atoms with Gasteiger partial charge in [-0.25, -0.2) is 0 Å². The number of thioether (sulfide) groups is 1. The van der Waals surface area contributed by atoms with Gasteiger partial charge >= 0.3 is 0 Å². The van der Waals surface area contributed by atoms with E-state index in [1.54, 1.807) is 7.11 Å². The van der Waals surface area contributed by atoms with Crippen molar-refractivity contribution in [2.24, 2.45) is 0 Å². The first kappa shape index (κ1) is 17.9. The van der Waals surface area contributed by atoms with Gasteiger partial charge in [0.05, 0.1) is 7.11 Å². The fourth-order valence-electron chi connectivity index (χ4n) is 3.00. The van der Waals surface area contributed by atoms with Gasteiger partial charge in [0.15, 0.2) is 0 Å². The Kier molecular flexibility index (Phi) is 5.09. The van der Waals surface area contributed by atoms with Gasteiger partial charge in [-0.3, -0.25) is 4.79 Å². The van der Waals surface area contributed by atoms with Gasteiger partial charge in [0.25, 0.3) is 5.91 Å². The number of amides is 1. The predicted octanol–water partition coefficient (Wildman–Crippen LogP) is 4.88. The number of hydrogen-bond donors (Lipinski definition) is 0. The average Bonchev–Trinajstić information content (AvgIpc) is 3.10. The molecular formula is C21H25NO2S. The fraction of sp³-hybridized carbons (Fsp3) is 0.381. The van der Waals surface area contributed by atoms with Gasteiger partial charge in [-0.05, 0) is 40.8 Å². The summed E-state index contributed by atoms with van der Waals surface area (Å²) in [6.07, 6.45) is 0. The molecule has 0 spiro atoms. The first-order valence-electron chi connectivity index (χ1n) is 8.57. The third-order valence-electron chi connectivity index (χ3n) is 4.55. The van der Waals surface area contributed by atoms with Crippen molar-refractivity contribution >= 4 is 17.7 Å². The number of hydrogen-bond acceptors (Lipinski definition) is 3. The van der Waals surface area contributed by atoms with Gasteiger partial charge in [-0.1, -0.05) is 45.0 Å². The van der Waals surface area contributed by atoms with Crippen molar-refractivity contribution in [3.63, 3.8) is 0 Å². The van der Waals surface area contributed by atoms with Crippen molar-refractivity contribution in [3.8, 4) is 5.75 Å². The van der Waals surface area contributed by atoms with E-state index in [1.165, 1.54) is 5.56 Å². The van der Waals surface area contributed by atoms with Crippen LogP contribution < -0.4 is 4.74 Å². The number of carbonyl (C=O) groups excluding carboxylic acids is 1. The van der Waals surface area contributed by atoms with Crippen LogP contribution in [0.5, 0.6) is 5.75 Å². The molecule has 0 bridgehead atoms. The SMILES string of the molecule is COc1ccc(C2SCCN2C(=O)c2ccc(C(C)(C)C)cc2)cc1. The van der Waals surface area contributed by atoms with Crippen LogP contribution in [-0.2, 0) is 5.41 Å². The minimum absolute atomic E-state index is 0.0701. The second-order valence-electron chi connectivity index (χ2n) is 7.32. The van der Waals surface area contributed by atoms with Crippen LogP contribution >= 0.6 is 11.8 Å². The summed E-state index contributed by atoms with van der Waals surface area (Å²) in [7, 11) is 1.66. The van der Waals surface area contributed by atoms with E-state index in [1.807, 2.05) is 53.1 Å². The molecule has 0 radical (unpaired) electrons. The summed E-state index contributed by atoms with van der Waals surface area (Å²) < 4.78 is 5.23. The highest BCUT2D eigenvalue weighted by atomic mass is 32.2. The van der Waals surface area contributed by atoms with E-state index >= 15 is 0 Å². The first-order valence-corrected chi connectivity index (χ1v) is 9.62. The van der Waals surface area contributed by atoms with Crippen molar-refractivity contribution in [3.05, 3.63) is 65.2 Å². The third-order valence-corrected chi connectivity index (χ3v) is 5.81. The Morgan fingerprint density at radius 2 is 1.72 bits per heavy atom. The van der Waals surface area contributed by atoms with E-state index in [-0.39, 0.29) is 16.7 Å². The molecule has 0 saturated carbocycles. The molecule has 132 valence electrons. The molecule has 2 aromatic carbocycles. The number of ether oxygens (including phenoxy) is 1. The molecular weight excluding hydrogens is 330 g/mol. The van der Waals surface area contributed by atoms with Crippen molar-refractivity contribution in [2.75, 3.05) is 19.4 Å². The zero-order valence-electron chi connectivity index (χ0n) is 15.3. The van der Waals surface area contributed by atoms with Crippen LogP contribution in [0.25, 0.3) is 0 Å². The molecule has 1 atom stereocenters. The lowest BCUT2D eigenvalue weighted by molar-refractivity contribution is 0.0760. The van der Waals surface area contributed by atoms with E-state index in [4.69, 9.17) is 4.74 Å². The fourth-order valence-corrected chi connectivity index (χ4v) is 4.26. The molecule has 1 amide bonds. The predicted molar refractivity (Wildman–Crippen MR) is 104 cm³/mol. The van der Waals surface area contributed by atoms with E-state index in [0.717, 1.165) is 29.2 Å². The summed E-state index contributed by atoms with van der Waals surface area (Å²) in [5.41, 5.74) is 3.24. The lowest BCUT2D eigenvalue weighted by Gasteiger charge is -2.25. The Hall–Kier alpha value is -1.94.